The second kappa shape index (κ2) is 8.47. The minimum absolute atomic E-state index is 0.0652. The van der Waals surface area contributed by atoms with Crippen molar-refractivity contribution in [3.05, 3.63) is 34.9 Å². The maximum absolute atomic E-state index is 12.9. The minimum Gasteiger partial charge on any atom is -0.445 e. The number of carbonyl (C=O) groups excluding carboxylic acids is 4. The number of carbonyl (C=O) groups is 4. The van der Waals surface area contributed by atoms with Crippen LogP contribution in [-0.2, 0) is 27.5 Å². The fraction of sp³-hybridized carbons (Fsp3) is 0.600. The predicted molar refractivity (Wildman–Crippen MR) is 121 cm³/mol. The second-order valence-electron chi connectivity index (χ2n) is 10.6. The zero-order valence-electron chi connectivity index (χ0n) is 19.8. The second-order valence-corrected chi connectivity index (χ2v) is 10.6. The van der Waals surface area contributed by atoms with Crippen molar-refractivity contribution in [3.8, 4) is 0 Å². The summed E-state index contributed by atoms with van der Waals surface area (Å²) in [7, 11) is 0. The molecule has 2 fully saturated rings. The summed E-state index contributed by atoms with van der Waals surface area (Å²) >= 11 is 0. The molecule has 8 heteroatoms. The lowest BCUT2D eigenvalue weighted by molar-refractivity contribution is -0.136. The molecule has 33 heavy (non-hydrogen) atoms. The van der Waals surface area contributed by atoms with Crippen molar-refractivity contribution in [2.24, 2.45) is 10.8 Å². The highest BCUT2D eigenvalue weighted by Gasteiger charge is 2.50. The van der Waals surface area contributed by atoms with Gasteiger partial charge in [-0.3, -0.25) is 19.7 Å². The Morgan fingerprint density at radius 3 is 2.61 bits per heavy atom. The first-order valence-corrected chi connectivity index (χ1v) is 11.7. The summed E-state index contributed by atoms with van der Waals surface area (Å²) in [5.41, 5.74) is 2.50. The average Bonchev–Trinajstić information content (AvgIpc) is 3.03. The fourth-order valence-corrected chi connectivity index (χ4v) is 5.47. The maximum Gasteiger partial charge on any atom is 0.407 e. The molecular formula is C25H33N3O5. The molecule has 3 aliphatic rings. The van der Waals surface area contributed by atoms with Crippen LogP contribution in [0.2, 0.25) is 0 Å². The van der Waals surface area contributed by atoms with Crippen LogP contribution in [0.1, 0.15) is 81.3 Å². The smallest absolute Gasteiger partial charge is 0.407 e. The van der Waals surface area contributed by atoms with Crippen LogP contribution < -0.4 is 10.6 Å². The Hall–Kier alpha value is -2.90. The summed E-state index contributed by atoms with van der Waals surface area (Å²) in [4.78, 5) is 50.3. The van der Waals surface area contributed by atoms with Crippen LogP contribution in [0.3, 0.4) is 0 Å². The lowest BCUT2D eigenvalue weighted by Crippen LogP contribution is -2.55. The average molecular weight is 456 g/mol. The topological polar surface area (TPSA) is 105 Å². The number of hydrogen-bond donors (Lipinski definition) is 2. The van der Waals surface area contributed by atoms with Crippen LogP contribution in [-0.4, -0.2) is 40.8 Å². The summed E-state index contributed by atoms with van der Waals surface area (Å²) in [6, 6.07) is 4.88. The van der Waals surface area contributed by atoms with Gasteiger partial charge in [0.15, 0.2) is 0 Å². The van der Waals surface area contributed by atoms with Crippen LogP contribution in [0.4, 0.5) is 4.79 Å². The molecule has 8 nitrogen and oxygen atoms in total. The third kappa shape index (κ3) is 4.35. The van der Waals surface area contributed by atoms with Gasteiger partial charge in [0.1, 0.15) is 12.6 Å². The molecule has 2 heterocycles. The van der Waals surface area contributed by atoms with Crippen molar-refractivity contribution in [2.45, 2.75) is 85.0 Å². The molecule has 1 saturated carbocycles. The molecule has 0 aromatic heterocycles. The molecule has 4 rings (SSSR count). The van der Waals surface area contributed by atoms with Gasteiger partial charge in [-0.05, 0) is 53.7 Å². The Kier molecular flexibility index (Phi) is 5.97. The standard InChI is InChI=1S/C25H33N3O5/c1-5-25(24(2,3)4)11-17(12-25)26-23(32)33-14-15-6-7-16-13-28(22(31)18(16)10-15)19-8-9-20(29)27-21(19)30/h6-7,10,17,19H,5,8-9,11-14H2,1-4H3,(H,26,32)(H,27,29,30). The molecule has 2 aliphatic heterocycles. The largest absolute Gasteiger partial charge is 0.445 e. The van der Waals surface area contributed by atoms with Gasteiger partial charge in [-0.2, -0.15) is 0 Å². The highest BCUT2D eigenvalue weighted by Crippen LogP contribution is 2.55. The van der Waals surface area contributed by atoms with Crippen molar-refractivity contribution >= 4 is 23.8 Å². The number of benzene rings is 1. The monoisotopic (exact) mass is 455 g/mol. The van der Waals surface area contributed by atoms with E-state index < -0.39 is 18.0 Å². The predicted octanol–water partition coefficient (Wildman–Crippen LogP) is 3.28. The number of amides is 4. The van der Waals surface area contributed by atoms with Crippen molar-refractivity contribution < 1.29 is 23.9 Å². The summed E-state index contributed by atoms with van der Waals surface area (Å²) in [6.07, 6.45) is 3.09. The van der Waals surface area contributed by atoms with Crippen molar-refractivity contribution in [1.29, 1.82) is 0 Å². The van der Waals surface area contributed by atoms with E-state index in [1.165, 1.54) is 4.90 Å². The number of ether oxygens (including phenoxy) is 1. The van der Waals surface area contributed by atoms with Gasteiger partial charge >= 0.3 is 6.09 Å². The van der Waals surface area contributed by atoms with Crippen molar-refractivity contribution in [3.63, 3.8) is 0 Å². The number of piperidine rings is 1. The quantitative estimate of drug-likeness (QED) is 0.663. The lowest BCUT2D eigenvalue weighted by Gasteiger charge is -2.55. The van der Waals surface area contributed by atoms with Crippen molar-refractivity contribution in [1.82, 2.24) is 15.5 Å². The van der Waals surface area contributed by atoms with Gasteiger partial charge in [0.05, 0.1) is 0 Å². The molecule has 1 aromatic rings. The van der Waals surface area contributed by atoms with E-state index in [-0.39, 0.29) is 41.7 Å². The number of nitrogens with one attached hydrogen (secondary N) is 2. The van der Waals surface area contributed by atoms with Gasteiger partial charge in [-0.25, -0.2) is 4.79 Å². The van der Waals surface area contributed by atoms with Gasteiger partial charge < -0.3 is 15.0 Å². The van der Waals surface area contributed by atoms with E-state index in [4.69, 9.17) is 4.74 Å². The SMILES string of the molecule is CCC1(C(C)(C)C)CC(NC(=O)OCc2ccc3c(c2)C(=O)N(C2CCC(=O)NC2=O)C3)C1. The van der Waals surface area contributed by atoms with E-state index in [9.17, 15) is 19.2 Å². The maximum atomic E-state index is 12.9. The number of nitrogens with zero attached hydrogens (tertiary/aromatic N) is 1. The number of fused-ring (bicyclic) bond motifs is 1. The molecule has 1 aliphatic carbocycles. The van der Waals surface area contributed by atoms with E-state index in [0.717, 1.165) is 24.8 Å². The highest BCUT2D eigenvalue weighted by atomic mass is 16.5. The van der Waals surface area contributed by atoms with Gasteiger partial charge in [0.25, 0.3) is 5.91 Å². The van der Waals surface area contributed by atoms with Gasteiger partial charge in [-0.15, -0.1) is 0 Å². The minimum atomic E-state index is -0.640. The summed E-state index contributed by atoms with van der Waals surface area (Å²) in [5.74, 6) is -0.973. The first kappa shape index (κ1) is 23.3. The number of rotatable bonds is 5. The van der Waals surface area contributed by atoms with Gasteiger partial charge in [0, 0.05) is 24.6 Å². The number of hydrogen-bond acceptors (Lipinski definition) is 5. The van der Waals surface area contributed by atoms with E-state index >= 15 is 0 Å². The molecule has 1 unspecified atom stereocenters. The first-order chi connectivity index (χ1) is 15.5. The normalized spacial score (nSPS) is 27.0. The summed E-state index contributed by atoms with van der Waals surface area (Å²) in [5, 5.41) is 5.26. The zero-order valence-corrected chi connectivity index (χ0v) is 19.8. The fourth-order valence-electron chi connectivity index (χ4n) is 5.47. The Morgan fingerprint density at radius 1 is 1.24 bits per heavy atom. The van der Waals surface area contributed by atoms with E-state index in [1.807, 2.05) is 12.1 Å². The zero-order chi connectivity index (χ0) is 24.0. The van der Waals surface area contributed by atoms with Crippen LogP contribution >= 0.6 is 0 Å². The third-order valence-electron chi connectivity index (χ3n) is 7.83. The molecule has 0 radical (unpaired) electrons. The molecule has 0 bridgehead atoms. The van der Waals surface area contributed by atoms with Crippen LogP contribution in [0.5, 0.6) is 0 Å². The molecule has 4 amide bonds. The molecule has 1 atom stereocenters. The number of alkyl carbamates (subject to hydrolysis) is 1. The van der Waals surface area contributed by atoms with Crippen LogP contribution in [0.25, 0.3) is 0 Å². The van der Waals surface area contributed by atoms with Crippen LogP contribution in [0.15, 0.2) is 18.2 Å². The van der Waals surface area contributed by atoms with Gasteiger partial charge in [0.2, 0.25) is 11.8 Å². The Labute approximate surface area is 194 Å². The molecule has 2 N–H and O–H groups in total. The molecule has 1 saturated heterocycles. The Balaban J connectivity index is 1.31. The highest BCUT2D eigenvalue weighted by molar-refractivity contribution is 6.05. The Bertz CT molecular complexity index is 990. The Morgan fingerprint density at radius 2 is 1.97 bits per heavy atom. The van der Waals surface area contributed by atoms with E-state index in [2.05, 4.69) is 38.3 Å². The molecule has 178 valence electrons. The number of imide groups is 1. The molecular weight excluding hydrogens is 422 g/mol. The molecule has 0 spiro atoms. The van der Waals surface area contributed by atoms with E-state index in [1.54, 1.807) is 6.07 Å². The lowest BCUT2D eigenvalue weighted by atomic mass is 9.52. The van der Waals surface area contributed by atoms with Crippen LogP contribution in [0, 0.1) is 10.8 Å². The molecule has 1 aromatic carbocycles. The van der Waals surface area contributed by atoms with E-state index in [0.29, 0.717) is 24.1 Å². The van der Waals surface area contributed by atoms with Crippen molar-refractivity contribution in [2.75, 3.05) is 0 Å². The summed E-state index contributed by atoms with van der Waals surface area (Å²) in [6.45, 7) is 9.35. The summed E-state index contributed by atoms with van der Waals surface area (Å²) < 4.78 is 5.41. The third-order valence-corrected chi connectivity index (χ3v) is 7.83. The van der Waals surface area contributed by atoms with Gasteiger partial charge in [-0.1, -0.05) is 39.8 Å². The first-order valence-electron chi connectivity index (χ1n) is 11.7.